The van der Waals surface area contributed by atoms with Gasteiger partial charge in [-0.05, 0) is 36.6 Å². The van der Waals surface area contributed by atoms with E-state index in [1.54, 1.807) is 36.4 Å². The third kappa shape index (κ3) is 3.75. The number of hydrogen-bond acceptors (Lipinski definition) is 7. The number of aromatic nitrogens is 1. The smallest absolute Gasteiger partial charge is 0.301 e. The molecule has 1 aromatic heterocycles. The third-order valence-electron chi connectivity index (χ3n) is 5.91. The van der Waals surface area contributed by atoms with E-state index in [9.17, 15) is 24.8 Å². The highest BCUT2D eigenvalue weighted by atomic mass is 32.1. The van der Waals surface area contributed by atoms with Gasteiger partial charge in [0.25, 0.3) is 11.5 Å². The highest BCUT2D eigenvalue weighted by molar-refractivity contribution is 7.22. The maximum atomic E-state index is 13.3. The molecule has 35 heavy (non-hydrogen) atoms. The van der Waals surface area contributed by atoms with E-state index in [4.69, 9.17) is 0 Å². The van der Waals surface area contributed by atoms with Gasteiger partial charge in [0, 0.05) is 17.7 Å². The number of aliphatic hydroxyl groups excluding tert-OH is 1. The van der Waals surface area contributed by atoms with Crippen molar-refractivity contribution in [3.63, 3.8) is 0 Å². The number of nitro benzene ring substituents is 1. The van der Waals surface area contributed by atoms with Crippen LogP contribution in [-0.4, -0.2) is 26.7 Å². The molecule has 174 valence electrons. The second kappa shape index (κ2) is 8.44. The summed E-state index contributed by atoms with van der Waals surface area (Å²) in [6, 6.07) is 17.0. The van der Waals surface area contributed by atoms with E-state index in [0.29, 0.717) is 16.6 Å². The normalized spacial score (nSPS) is 17.3. The van der Waals surface area contributed by atoms with Gasteiger partial charge in [-0.15, -0.1) is 0 Å². The number of ketones is 1. The van der Waals surface area contributed by atoms with E-state index in [0.717, 1.165) is 15.8 Å². The van der Waals surface area contributed by atoms with Crippen molar-refractivity contribution in [2.45, 2.75) is 19.9 Å². The first-order valence-electron chi connectivity index (χ1n) is 10.7. The highest BCUT2D eigenvalue weighted by Crippen LogP contribution is 2.45. The van der Waals surface area contributed by atoms with Gasteiger partial charge in [-0.1, -0.05) is 59.9 Å². The molecule has 0 bridgehead atoms. The summed E-state index contributed by atoms with van der Waals surface area (Å²) in [5.41, 5.74) is 3.01. The molecule has 1 aliphatic rings. The van der Waals surface area contributed by atoms with Crippen LogP contribution < -0.4 is 4.90 Å². The number of nitrogens with zero attached hydrogens (tertiary/aromatic N) is 3. The molecule has 0 radical (unpaired) electrons. The molecule has 1 atom stereocenters. The number of Topliss-reactive ketones (excluding diaryl/α,β-unsaturated/α-hetero) is 1. The van der Waals surface area contributed by atoms with Gasteiger partial charge in [-0.2, -0.15) is 0 Å². The van der Waals surface area contributed by atoms with Crippen LogP contribution in [0.5, 0.6) is 0 Å². The average molecular weight is 486 g/mol. The second-order valence-corrected chi connectivity index (χ2v) is 9.32. The molecule has 0 saturated carbocycles. The summed E-state index contributed by atoms with van der Waals surface area (Å²) in [4.78, 5) is 43.4. The Kier molecular flexibility index (Phi) is 5.41. The Morgan fingerprint density at radius 3 is 2.51 bits per heavy atom. The molecule has 0 spiro atoms. The number of hydrogen-bond donors (Lipinski definition) is 1. The van der Waals surface area contributed by atoms with Gasteiger partial charge in [-0.3, -0.25) is 24.6 Å². The quantitative estimate of drug-likeness (QED) is 0.135. The Morgan fingerprint density at radius 2 is 1.80 bits per heavy atom. The molecule has 2 heterocycles. The van der Waals surface area contributed by atoms with Gasteiger partial charge in [0.1, 0.15) is 5.76 Å². The Labute approximate surface area is 203 Å². The molecule has 1 amide bonds. The van der Waals surface area contributed by atoms with E-state index in [1.165, 1.54) is 34.4 Å². The van der Waals surface area contributed by atoms with Crippen LogP contribution in [0.15, 0.2) is 72.3 Å². The number of benzene rings is 3. The van der Waals surface area contributed by atoms with Crippen molar-refractivity contribution in [1.29, 1.82) is 0 Å². The fourth-order valence-electron chi connectivity index (χ4n) is 4.37. The fraction of sp³-hybridized carbons (Fsp3) is 0.115. The number of fused-ring (bicyclic) bond motifs is 1. The summed E-state index contributed by atoms with van der Waals surface area (Å²) >= 11 is 1.25. The van der Waals surface area contributed by atoms with Crippen molar-refractivity contribution in [2.24, 2.45) is 0 Å². The van der Waals surface area contributed by atoms with E-state index in [2.05, 4.69) is 4.98 Å². The molecule has 9 heteroatoms. The van der Waals surface area contributed by atoms with Gasteiger partial charge in [0.05, 0.1) is 26.8 Å². The van der Waals surface area contributed by atoms with Gasteiger partial charge >= 0.3 is 5.91 Å². The minimum absolute atomic E-state index is 0.145. The molecule has 4 aromatic rings. The maximum absolute atomic E-state index is 13.3. The lowest BCUT2D eigenvalue weighted by molar-refractivity contribution is -0.384. The molecule has 1 aliphatic heterocycles. The number of aryl methyl sites for hydroxylation is 2. The predicted octanol–water partition coefficient (Wildman–Crippen LogP) is 5.45. The molecule has 1 saturated heterocycles. The van der Waals surface area contributed by atoms with Gasteiger partial charge in [0.2, 0.25) is 0 Å². The van der Waals surface area contributed by atoms with E-state index >= 15 is 0 Å². The number of aliphatic hydroxyl groups is 1. The van der Waals surface area contributed by atoms with Crippen LogP contribution in [0.3, 0.4) is 0 Å². The molecule has 8 nitrogen and oxygen atoms in total. The number of carbonyl (C=O) groups is 2. The van der Waals surface area contributed by atoms with E-state index in [-0.39, 0.29) is 22.2 Å². The summed E-state index contributed by atoms with van der Waals surface area (Å²) in [7, 11) is 0. The van der Waals surface area contributed by atoms with Crippen molar-refractivity contribution >= 4 is 49.8 Å². The number of non-ortho nitro benzene ring substituents is 1. The Bertz CT molecular complexity index is 1560. The fourth-order valence-corrected chi connectivity index (χ4v) is 5.54. The first-order valence-corrected chi connectivity index (χ1v) is 11.6. The molecular formula is C26H19N3O5S. The number of anilines is 1. The molecule has 0 aliphatic carbocycles. The van der Waals surface area contributed by atoms with Crippen molar-refractivity contribution in [3.05, 3.63) is 105 Å². The average Bonchev–Trinajstić information content (AvgIpc) is 3.38. The summed E-state index contributed by atoms with van der Waals surface area (Å²) in [5.74, 6) is -2.08. The Hall–Kier alpha value is -4.37. The Morgan fingerprint density at radius 1 is 1.06 bits per heavy atom. The van der Waals surface area contributed by atoms with Crippen molar-refractivity contribution in [2.75, 3.05) is 4.90 Å². The highest BCUT2D eigenvalue weighted by Gasteiger charge is 2.48. The summed E-state index contributed by atoms with van der Waals surface area (Å²) in [5, 5.41) is 22.9. The minimum atomic E-state index is -1.09. The monoisotopic (exact) mass is 485 g/mol. The zero-order valence-electron chi connectivity index (χ0n) is 18.8. The topological polar surface area (TPSA) is 114 Å². The van der Waals surface area contributed by atoms with Crippen LogP contribution in [0.2, 0.25) is 0 Å². The van der Waals surface area contributed by atoms with Crippen LogP contribution in [-0.2, 0) is 9.59 Å². The van der Waals surface area contributed by atoms with Crippen LogP contribution in [0.1, 0.15) is 28.3 Å². The molecule has 1 fully saturated rings. The van der Waals surface area contributed by atoms with Crippen molar-refractivity contribution in [1.82, 2.24) is 4.98 Å². The largest absolute Gasteiger partial charge is 0.507 e. The number of thiazole rings is 1. The van der Waals surface area contributed by atoms with Crippen LogP contribution in [0.25, 0.3) is 16.0 Å². The lowest BCUT2D eigenvalue weighted by Gasteiger charge is -2.22. The summed E-state index contributed by atoms with van der Waals surface area (Å²) < 4.78 is 0.847. The Balaban J connectivity index is 1.77. The van der Waals surface area contributed by atoms with Crippen LogP contribution in [0, 0.1) is 24.0 Å². The molecule has 3 aromatic carbocycles. The molecular weight excluding hydrogens is 466 g/mol. The maximum Gasteiger partial charge on any atom is 0.301 e. The zero-order valence-corrected chi connectivity index (χ0v) is 19.6. The minimum Gasteiger partial charge on any atom is -0.507 e. The standard InChI is InChI=1S/C26H19N3O5S/c1-14-11-15(2)21-19(12-14)35-26(27-21)28-22(17-9-6-10-18(13-17)29(33)34)20(24(31)25(28)32)23(30)16-7-4-3-5-8-16/h3-13,22,30H,1-2H3/b23-20+. The van der Waals surface area contributed by atoms with E-state index < -0.39 is 22.7 Å². The summed E-state index contributed by atoms with van der Waals surface area (Å²) in [6.07, 6.45) is 0. The van der Waals surface area contributed by atoms with Crippen molar-refractivity contribution < 1.29 is 19.6 Å². The van der Waals surface area contributed by atoms with Gasteiger partial charge in [0.15, 0.2) is 5.13 Å². The number of rotatable bonds is 4. The molecule has 1 unspecified atom stereocenters. The number of carbonyl (C=O) groups excluding carboxylic acids is 2. The third-order valence-corrected chi connectivity index (χ3v) is 6.91. The molecule has 1 N–H and O–H groups in total. The lowest BCUT2D eigenvalue weighted by Crippen LogP contribution is -2.29. The second-order valence-electron chi connectivity index (χ2n) is 8.31. The zero-order chi connectivity index (χ0) is 24.9. The predicted molar refractivity (Wildman–Crippen MR) is 133 cm³/mol. The first kappa shape index (κ1) is 22.4. The van der Waals surface area contributed by atoms with Gasteiger partial charge in [-0.25, -0.2) is 4.98 Å². The van der Waals surface area contributed by atoms with Crippen molar-refractivity contribution in [3.8, 4) is 0 Å². The number of nitro groups is 1. The first-order chi connectivity index (χ1) is 16.8. The van der Waals surface area contributed by atoms with Gasteiger partial charge < -0.3 is 5.11 Å². The lowest BCUT2D eigenvalue weighted by atomic mass is 9.95. The SMILES string of the molecule is Cc1cc(C)c2nc(N3C(=O)C(=O)/C(=C(/O)c4ccccc4)C3c3cccc([N+](=O)[O-])c3)sc2c1. The summed E-state index contributed by atoms with van der Waals surface area (Å²) in [6.45, 7) is 3.88. The van der Waals surface area contributed by atoms with E-state index in [1.807, 2.05) is 26.0 Å². The van der Waals surface area contributed by atoms with Crippen LogP contribution in [0.4, 0.5) is 10.8 Å². The molecule has 5 rings (SSSR count). The van der Waals surface area contributed by atoms with Crippen LogP contribution >= 0.6 is 11.3 Å². The number of amides is 1.